The summed E-state index contributed by atoms with van der Waals surface area (Å²) >= 11 is 0. The number of aliphatic imine (C=N–C) groups is 1. The number of hydrogen-bond acceptors (Lipinski definition) is 2. The van der Waals surface area contributed by atoms with Crippen LogP contribution in [0.5, 0.6) is 0 Å². The molecule has 3 rings (SSSR count). The minimum atomic E-state index is 0. The molecule has 5 heteroatoms. The second-order valence-electron chi connectivity index (χ2n) is 7.75. The topological polar surface area (TPSA) is 39.7 Å². The van der Waals surface area contributed by atoms with Gasteiger partial charge in [0.05, 0.1) is 0 Å². The van der Waals surface area contributed by atoms with Crippen LogP contribution < -0.4 is 10.6 Å². The highest BCUT2D eigenvalue weighted by Gasteiger charge is 2.34. The minimum absolute atomic E-state index is 0. The summed E-state index contributed by atoms with van der Waals surface area (Å²) in [6.45, 7) is 7.09. The van der Waals surface area contributed by atoms with Crippen molar-refractivity contribution < 1.29 is 0 Å². The highest BCUT2D eigenvalue weighted by atomic mass is 127. The van der Waals surface area contributed by atoms with Crippen molar-refractivity contribution in [2.24, 2.45) is 16.3 Å². The Labute approximate surface area is 159 Å². The molecule has 1 aliphatic heterocycles. The SMILES string of the molecule is CCC1(CNC(=NC)NCC2CCN(C3CC3)C2)CCCC1.I. The van der Waals surface area contributed by atoms with E-state index in [2.05, 4.69) is 27.4 Å². The van der Waals surface area contributed by atoms with Crippen molar-refractivity contribution in [2.75, 3.05) is 33.2 Å². The normalized spacial score (nSPS) is 27.7. The first kappa shape index (κ1) is 19.3. The first-order valence-corrected chi connectivity index (χ1v) is 9.43. The highest BCUT2D eigenvalue weighted by molar-refractivity contribution is 14.0. The molecule has 134 valence electrons. The van der Waals surface area contributed by atoms with E-state index in [-0.39, 0.29) is 24.0 Å². The van der Waals surface area contributed by atoms with Gasteiger partial charge in [0.2, 0.25) is 0 Å². The van der Waals surface area contributed by atoms with Gasteiger partial charge in [0.15, 0.2) is 5.96 Å². The van der Waals surface area contributed by atoms with Gasteiger partial charge in [-0.15, -0.1) is 24.0 Å². The molecule has 0 aromatic heterocycles. The summed E-state index contributed by atoms with van der Waals surface area (Å²) in [4.78, 5) is 7.11. The van der Waals surface area contributed by atoms with Gasteiger partial charge in [-0.3, -0.25) is 4.99 Å². The number of halogens is 1. The van der Waals surface area contributed by atoms with Crippen LogP contribution >= 0.6 is 24.0 Å². The summed E-state index contributed by atoms with van der Waals surface area (Å²) in [5.74, 6) is 1.80. The molecule has 23 heavy (non-hydrogen) atoms. The van der Waals surface area contributed by atoms with Crippen LogP contribution in [0.2, 0.25) is 0 Å². The molecule has 0 aromatic carbocycles. The van der Waals surface area contributed by atoms with E-state index >= 15 is 0 Å². The third-order valence-electron chi connectivity index (χ3n) is 6.21. The van der Waals surface area contributed by atoms with Gasteiger partial charge in [-0.2, -0.15) is 0 Å². The van der Waals surface area contributed by atoms with E-state index in [1.807, 2.05) is 7.05 Å². The first-order chi connectivity index (χ1) is 10.7. The van der Waals surface area contributed by atoms with Crippen molar-refractivity contribution in [3.8, 4) is 0 Å². The van der Waals surface area contributed by atoms with Gasteiger partial charge in [-0.1, -0.05) is 19.8 Å². The van der Waals surface area contributed by atoms with Gasteiger partial charge >= 0.3 is 0 Å². The van der Waals surface area contributed by atoms with E-state index in [0.717, 1.165) is 31.0 Å². The predicted octanol–water partition coefficient (Wildman–Crippen LogP) is 3.22. The second kappa shape index (κ2) is 8.88. The molecule has 3 aliphatic rings. The quantitative estimate of drug-likeness (QED) is 0.383. The molecule has 1 unspecified atom stereocenters. The zero-order chi connectivity index (χ0) is 15.4. The maximum Gasteiger partial charge on any atom is 0.191 e. The standard InChI is InChI=1S/C18H34N4.HI/c1-3-18(9-4-5-10-18)14-21-17(19-2)20-12-15-8-11-22(13-15)16-6-7-16;/h15-16H,3-14H2,1-2H3,(H2,19,20,21);1H. The lowest BCUT2D eigenvalue weighted by atomic mass is 9.83. The van der Waals surface area contributed by atoms with E-state index in [1.54, 1.807) is 0 Å². The van der Waals surface area contributed by atoms with Crippen LogP contribution in [0.4, 0.5) is 0 Å². The molecule has 0 bridgehead atoms. The molecule has 0 spiro atoms. The lowest BCUT2D eigenvalue weighted by Crippen LogP contribution is -2.44. The Morgan fingerprint density at radius 3 is 2.52 bits per heavy atom. The Morgan fingerprint density at radius 2 is 1.91 bits per heavy atom. The van der Waals surface area contributed by atoms with Gasteiger partial charge in [-0.25, -0.2) is 0 Å². The first-order valence-electron chi connectivity index (χ1n) is 9.43. The van der Waals surface area contributed by atoms with E-state index in [9.17, 15) is 0 Å². The average Bonchev–Trinajstić information content (AvgIpc) is 3.11. The third kappa shape index (κ3) is 5.21. The van der Waals surface area contributed by atoms with Crippen LogP contribution in [0.1, 0.15) is 58.3 Å². The monoisotopic (exact) mass is 434 g/mol. The van der Waals surface area contributed by atoms with Crippen molar-refractivity contribution in [3.63, 3.8) is 0 Å². The van der Waals surface area contributed by atoms with Crippen molar-refractivity contribution >= 4 is 29.9 Å². The van der Waals surface area contributed by atoms with Gasteiger partial charge in [0.1, 0.15) is 0 Å². The molecule has 2 saturated carbocycles. The zero-order valence-corrected chi connectivity index (χ0v) is 17.3. The predicted molar refractivity (Wildman–Crippen MR) is 109 cm³/mol. The van der Waals surface area contributed by atoms with Gasteiger partial charge in [0, 0.05) is 32.7 Å². The zero-order valence-electron chi connectivity index (χ0n) is 14.9. The number of likely N-dealkylation sites (tertiary alicyclic amines) is 1. The Hall–Kier alpha value is -0.0400. The lowest BCUT2D eigenvalue weighted by Gasteiger charge is -2.28. The van der Waals surface area contributed by atoms with Gasteiger partial charge in [0.25, 0.3) is 0 Å². The van der Waals surface area contributed by atoms with Crippen molar-refractivity contribution in [1.82, 2.24) is 15.5 Å². The van der Waals surface area contributed by atoms with Crippen molar-refractivity contribution in [1.29, 1.82) is 0 Å². The van der Waals surface area contributed by atoms with Crippen molar-refractivity contribution in [2.45, 2.75) is 64.3 Å². The molecule has 0 aromatic rings. The van der Waals surface area contributed by atoms with E-state index in [4.69, 9.17) is 0 Å². The molecule has 0 radical (unpaired) electrons. The lowest BCUT2D eigenvalue weighted by molar-refractivity contribution is 0.283. The number of rotatable bonds is 6. The van der Waals surface area contributed by atoms with Crippen LogP contribution in [0, 0.1) is 11.3 Å². The molecule has 1 saturated heterocycles. The smallest absolute Gasteiger partial charge is 0.191 e. The molecule has 1 atom stereocenters. The van der Waals surface area contributed by atoms with Gasteiger partial charge in [-0.05, 0) is 56.4 Å². The minimum Gasteiger partial charge on any atom is -0.356 e. The Morgan fingerprint density at radius 1 is 1.17 bits per heavy atom. The second-order valence-corrected chi connectivity index (χ2v) is 7.75. The molecule has 4 nitrogen and oxygen atoms in total. The molecule has 2 N–H and O–H groups in total. The fourth-order valence-electron chi connectivity index (χ4n) is 4.31. The molecule has 0 amide bonds. The molecular formula is C18H35IN4. The molecule has 2 aliphatic carbocycles. The number of nitrogens with zero attached hydrogens (tertiary/aromatic N) is 2. The average molecular weight is 434 g/mol. The van der Waals surface area contributed by atoms with Crippen LogP contribution in [-0.2, 0) is 0 Å². The van der Waals surface area contributed by atoms with E-state index in [0.29, 0.717) is 5.41 Å². The van der Waals surface area contributed by atoms with E-state index < -0.39 is 0 Å². The number of hydrogen-bond donors (Lipinski definition) is 2. The largest absolute Gasteiger partial charge is 0.356 e. The summed E-state index contributed by atoms with van der Waals surface area (Å²) < 4.78 is 0. The summed E-state index contributed by atoms with van der Waals surface area (Å²) in [5.41, 5.74) is 0.522. The third-order valence-corrected chi connectivity index (χ3v) is 6.21. The van der Waals surface area contributed by atoms with Crippen LogP contribution in [0.15, 0.2) is 4.99 Å². The van der Waals surface area contributed by atoms with Gasteiger partial charge < -0.3 is 15.5 Å². The van der Waals surface area contributed by atoms with Crippen LogP contribution in [0.25, 0.3) is 0 Å². The molecule has 1 heterocycles. The van der Waals surface area contributed by atoms with Crippen LogP contribution in [0.3, 0.4) is 0 Å². The fraction of sp³-hybridized carbons (Fsp3) is 0.944. The molecule has 3 fully saturated rings. The Kier molecular flexibility index (Phi) is 7.45. The van der Waals surface area contributed by atoms with Crippen molar-refractivity contribution in [3.05, 3.63) is 0 Å². The summed E-state index contributed by atoms with van der Waals surface area (Å²) in [5, 5.41) is 7.17. The Bertz CT molecular complexity index is 388. The Balaban J connectivity index is 0.00000192. The fourth-order valence-corrected chi connectivity index (χ4v) is 4.31. The maximum absolute atomic E-state index is 4.42. The summed E-state index contributed by atoms with van der Waals surface area (Å²) in [6, 6.07) is 0.925. The maximum atomic E-state index is 4.42. The summed E-state index contributed by atoms with van der Waals surface area (Å²) in [6.07, 6.45) is 11.1. The highest BCUT2D eigenvalue weighted by Crippen LogP contribution is 2.40. The summed E-state index contributed by atoms with van der Waals surface area (Å²) in [7, 11) is 1.90. The molecular weight excluding hydrogens is 399 g/mol. The van der Waals surface area contributed by atoms with E-state index in [1.165, 1.54) is 64.5 Å². The van der Waals surface area contributed by atoms with Crippen LogP contribution in [-0.4, -0.2) is 50.1 Å². The number of nitrogens with one attached hydrogen (secondary N) is 2. The number of guanidine groups is 1.